The van der Waals surface area contributed by atoms with Crippen LogP contribution in [0.2, 0.25) is 0 Å². The molecule has 5 nitrogen and oxygen atoms in total. The monoisotopic (exact) mass is 225 g/mol. The zero-order chi connectivity index (χ0) is 12.3. The van der Waals surface area contributed by atoms with Crippen LogP contribution in [0.4, 0.5) is 5.69 Å². The molecule has 0 saturated carbocycles. The van der Waals surface area contributed by atoms with Crippen LogP contribution in [0.3, 0.4) is 0 Å². The topological polar surface area (TPSA) is 69.3 Å². The van der Waals surface area contributed by atoms with Crippen LogP contribution in [0.15, 0.2) is 12.3 Å². The normalized spacial score (nSPS) is 11.5. The van der Waals surface area contributed by atoms with Gasteiger partial charge < -0.3 is 20.4 Å². The summed E-state index contributed by atoms with van der Waals surface area (Å²) in [4.78, 5) is 11.9. The molecule has 1 heterocycles. The highest BCUT2D eigenvalue weighted by Crippen LogP contribution is 2.10. The molecular formula is C11H19N3O2. The Morgan fingerprint density at radius 3 is 2.69 bits per heavy atom. The van der Waals surface area contributed by atoms with Crippen LogP contribution >= 0.6 is 0 Å². The van der Waals surface area contributed by atoms with Crippen LogP contribution in [-0.2, 0) is 11.8 Å². The number of amides is 1. The Morgan fingerprint density at radius 2 is 2.25 bits per heavy atom. The number of aromatic nitrogens is 1. The average molecular weight is 225 g/mol. The molecule has 0 unspecified atom stereocenters. The van der Waals surface area contributed by atoms with Crippen molar-refractivity contribution in [1.82, 2.24) is 9.88 Å². The van der Waals surface area contributed by atoms with Gasteiger partial charge >= 0.3 is 0 Å². The minimum atomic E-state index is -0.398. The van der Waals surface area contributed by atoms with E-state index in [1.807, 2.05) is 13.8 Å². The van der Waals surface area contributed by atoms with Crippen molar-refractivity contribution in [3.63, 3.8) is 0 Å². The fourth-order valence-electron chi connectivity index (χ4n) is 1.58. The van der Waals surface area contributed by atoms with Gasteiger partial charge in [-0.25, -0.2) is 0 Å². The molecule has 1 aromatic heterocycles. The highest BCUT2D eigenvalue weighted by Gasteiger charge is 2.22. The first kappa shape index (κ1) is 12.6. The van der Waals surface area contributed by atoms with Crippen molar-refractivity contribution in [3.05, 3.63) is 18.0 Å². The third kappa shape index (κ3) is 3.00. The van der Waals surface area contributed by atoms with E-state index in [9.17, 15) is 4.79 Å². The van der Waals surface area contributed by atoms with Gasteiger partial charge in [0.05, 0.1) is 17.8 Å². The van der Waals surface area contributed by atoms with Gasteiger partial charge in [-0.05, 0) is 19.9 Å². The van der Waals surface area contributed by atoms with Gasteiger partial charge in [0, 0.05) is 20.4 Å². The van der Waals surface area contributed by atoms with Gasteiger partial charge in [0.2, 0.25) is 0 Å². The van der Waals surface area contributed by atoms with E-state index in [1.54, 1.807) is 31.0 Å². The highest BCUT2D eigenvalue weighted by atomic mass is 16.5. The van der Waals surface area contributed by atoms with Crippen LogP contribution in [0.25, 0.3) is 0 Å². The summed E-state index contributed by atoms with van der Waals surface area (Å²) in [6, 6.07) is 1.65. The SMILES string of the molecule is COCC(C)(C)NC(=O)c1cc(N)cn1C. The lowest BCUT2D eigenvalue weighted by molar-refractivity contribution is 0.0812. The van der Waals surface area contributed by atoms with Crippen LogP contribution in [0, 0.1) is 0 Å². The van der Waals surface area contributed by atoms with Crippen LogP contribution in [-0.4, -0.2) is 29.7 Å². The standard InChI is InChI=1S/C11H19N3O2/c1-11(2,7-16-4)13-10(15)9-5-8(12)6-14(9)3/h5-6H,7,12H2,1-4H3,(H,13,15). The molecule has 0 atom stereocenters. The summed E-state index contributed by atoms with van der Waals surface area (Å²) < 4.78 is 6.73. The Hall–Kier alpha value is -1.49. The third-order valence-corrected chi connectivity index (χ3v) is 2.22. The van der Waals surface area contributed by atoms with E-state index in [-0.39, 0.29) is 5.91 Å². The summed E-state index contributed by atoms with van der Waals surface area (Å²) in [5.41, 5.74) is 6.34. The zero-order valence-corrected chi connectivity index (χ0v) is 10.2. The number of anilines is 1. The fourth-order valence-corrected chi connectivity index (χ4v) is 1.58. The molecule has 0 radical (unpaired) electrons. The molecule has 0 aliphatic heterocycles. The number of aryl methyl sites for hydroxylation is 1. The van der Waals surface area contributed by atoms with Crippen LogP contribution in [0.1, 0.15) is 24.3 Å². The number of rotatable bonds is 4. The summed E-state index contributed by atoms with van der Waals surface area (Å²) in [6.07, 6.45) is 1.71. The number of nitrogen functional groups attached to an aromatic ring is 1. The molecule has 0 bridgehead atoms. The van der Waals surface area contributed by atoms with Crippen molar-refractivity contribution < 1.29 is 9.53 Å². The minimum absolute atomic E-state index is 0.152. The maximum absolute atomic E-state index is 11.9. The van der Waals surface area contributed by atoms with E-state index in [1.165, 1.54) is 0 Å². The Morgan fingerprint density at radius 1 is 1.62 bits per heavy atom. The van der Waals surface area contributed by atoms with Gasteiger partial charge in [-0.3, -0.25) is 4.79 Å². The molecule has 1 rings (SSSR count). The number of nitrogens with two attached hydrogens (primary N) is 1. The Labute approximate surface area is 95.6 Å². The molecule has 1 amide bonds. The number of methoxy groups -OCH3 is 1. The summed E-state index contributed by atoms with van der Waals surface area (Å²) in [7, 11) is 3.39. The largest absolute Gasteiger partial charge is 0.397 e. The van der Waals surface area contributed by atoms with E-state index < -0.39 is 5.54 Å². The van der Waals surface area contributed by atoms with E-state index in [0.29, 0.717) is 18.0 Å². The molecule has 0 aliphatic rings. The number of hydrogen-bond donors (Lipinski definition) is 2. The molecule has 90 valence electrons. The van der Waals surface area contributed by atoms with Gasteiger partial charge in [-0.1, -0.05) is 0 Å². The van der Waals surface area contributed by atoms with E-state index >= 15 is 0 Å². The molecule has 3 N–H and O–H groups in total. The first-order valence-electron chi connectivity index (χ1n) is 5.09. The second kappa shape index (κ2) is 4.57. The first-order valence-corrected chi connectivity index (χ1v) is 5.09. The maximum Gasteiger partial charge on any atom is 0.268 e. The zero-order valence-electron chi connectivity index (χ0n) is 10.2. The van der Waals surface area contributed by atoms with Crippen molar-refractivity contribution in [3.8, 4) is 0 Å². The van der Waals surface area contributed by atoms with Crippen molar-refractivity contribution in [2.24, 2.45) is 7.05 Å². The van der Waals surface area contributed by atoms with E-state index in [4.69, 9.17) is 10.5 Å². The van der Waals surface area contributed by atoms with E-state index in [0.717, 1.165) is 0 Å². The molecule has 1 aromatic rings. The number of nitrogens with zero attached hydrogens (tertiary/aromatic N) is 1. The molecule has 0 fully saturated rings. The Balaban J connectivity index is 2.76. The number of carbonyl (C=O) groups excluding carboxylic acids is 1. The minimum Gasteiger partial charge on any atom is -0.397 e. The third-order valence-electron chi connectivity index (χ3n) is 2.22. The summed E-state index contributed by atoms with van der Waals surface area (Å²) >= 11 is 0. The lowest BCUT2D eigenvalue weighted by Gasteiger charge is -2.25. The average Bonchev–Trinajstić information content (AvgIpc) is 2.44. The van der Waals surface area contributed by atoms with Crippen molar-refractivity contribution in [1.29, 1.82) is 0 Å². The van der Waals surface area contributed by atoms with Gasteiger partial charge in [-0.15, -0.1) is 0 Å². The Bertz CT molecular complexity index is 383. The fraction of sp³-hybridized carbons (Fsp3) is 0.545. The first-order chi connectivity index (χ1) is 7.35. The highest BCUT2D eigenvalue weighted by molar-refractivity contribution is 5.94. The van der Waals surface area contributed by atoms with Gasteiger partial charge in [-0.2, -0.15) is 0 Å². The van der Waals surface area contributed by atoms with Crippen molar-refractivity contribution in [2.75, 3.05) is 19.5 Å². The second-order valence-corrected chi connectivity index (χ2v) is 4.54. The number of ether oxygens (including phenoxy) is 1. The molecule has 0 spiro atoms. The molecule has 5 heteroatoms. The maximum atomic E-state index is 11.9. The van der Waals surface area contributed by atoms with E-state index in [2.05, 4.69) is 5.32 Å². The molecule has 0 aliphatic carbocycles. The number of nitrogens with one attached hydrogen (secondary N) is 1. The predicted molar refractivity (Wildman–Crippen MR) is 63.2 cm³/mol. The van der Waals surface area contributed by atoms with Crippen molar-refractivity contribution >= 4 is 11.6 Å². The molecule has 0 saturated heterocycles. The number of carbonyl (C=O) groups is 1. The quantitative estimate of drug-likeness (QED) is 0.795. The molecule has 0 aromatic carbocycles. The summed E-state index contributed by atoms with van der Waals surface area (Å²) in [5.74, 6) is -0.152. The lowest BCUT2D eigenvalue weighted by atomic mass is 10.1. The lowest BCUT2D eigenvalue weighted by Crippen LogP contribution is -2.47. The second-order valence-electron chi connectivity index (χ2n) is 4.54. The smallest absolute Gasteiger partial charge is 0.268 e. The molecule has 16 heavy (non-hydrogen) atoms. The van der Waals surface area contributed by atoms with Gasteiger partial charge in [0.25, 0.3) is 5.91 Å². The summed E-state index contributed by atoms with van der Waals surface area (Å²) in [5, 5.41) is 2.89. The van der Waals surface area contributed by atoms with Crippen molar-refractivity contribution in [2.45, 2.75) is 19.4 Å². The summed E-state index contributed by atoms with van der Waals surface area (Å²) in [6.45, 7) is 4.26. The number of hydrogen-bond acceptors (Lipinski definition) is 3. The van der Waals surface area contributed by atoms with Crippen LogP contribution in [0.5, 0.6) is 0 Å². The predicted octanol–water partition coefficient (Wildman–Crippen LogP) is 0.762. The Kier molecular flexibility index (Phi) is 3.59. The molecular weight excluding hydrogens is 206 g/mol. The van der Waals surface area contributed by atoms with Gasteiger partial charge in [0.15, 0.2) is 0 Å². The van der Waals surface area contributed by atoms with Crippen LogP contribution < -0.4 is 11.1 Å². The van der Waals surface area contributed by atoms with Gasteiger partial charge in [0.1, 0.15) is 5.69 Å².